The molecule has 0 amide bonds. The second-order valence-corrected chi connectivity index (χ2v) is 8.04. The number of nitrogens with one attached hydrogen (secondary N) is 1. The molecule has 9 heteroatoms. The third kappa shape index (κ3) is 4.50. The van der Waals surface area contributed by atoms with Gasteiger partial charge in [-0.25, -0.2) is 23.1 Å². The molecule has 0 atom stereocenters. The summed E-state index contributed by atoms with van der Waals surface area (Å²) in [7, 11) is -3.92. The van der Waals surface area contributed by atoms with Crippen molar-refractivity contribution in [1.29, 1.82) is 5.26 Å². The van der Waals surface area contributed by atoms with E-state index in [4.69, 9.17) is 10.00 Å². The van der Waals surface area contributed by atoms with Gasteiger partial charge in [-0.1, -0.05) is 0 Å². The third-order valence-corrected chi connectivity index (χ3v) is 5.20. The second-order valence-electron chi connectivity index (χ2n) is 5.53. The van der Waals surface area contributed by atoms with E-state index in [9.17, 15) is 8.42 Å². The van der Waals surface area contributed by atoms with E-state index in [1.165, 1.54) is 18.3 Å². The maximum Gasteiger partial charge on any atom is 0.244 e. The van der Waals surface area contributed by atoms with E-state index in [1.54, 1.807) is 38.2 Å². The number of nitrogens with zero attached hydrogens (tertiary/aromatic N) is 3. The smallest absolute Gasteiger partial charge is 0.244 e. The molecule has 0 radical (unpaired) electrons. The van der Waals surface area contributed by atoms with Crippen LogP contribution in [0, 0.1) is 11.3 Å². The summed E-state index contributed by atoms with van der Waals surface area (Å²) in [5.74, 6) is 0.365. The first-order valence-electron chi connectivity index (χ1n) is 6.87. The standard InChI is InChI=1S/C15H15BrN4O3S/c1-15(2,10-23-14-11(16)5-3-8-19-14)20-24(21,22)13-6-4-7-18-12(13)9-17/h3-8,20H,10H2,1-2H3. The number of halogens is 1. The molecule has 0 saturated carbocycles. The molecule has 0 fully saturated rings. The summed E-state index contributed by atoms with van der Waals surface area (Å²) >= 11 is 3.31. The van der Waals surface area contributed by atoms with Crippen LogP contribution in [0.5, 0.6) is 5.88 Å². The van der Waals surface area contributed by atoms with Gasteiger partial charge in [-0.05, 0) is 54.0 Å². The molecule has 2 rings (SSSR count). The Morgan fingerprint density at radius 3 is 2.62 bits per heavy atom. The Bertz CT molecular complexity index is 878. The SMILES string of the molecule is CC(C)(COc1ncccc1Br)NS(=O)(=O)c1cccnc1C#N. The summed E-state index contributed by atoms with van der Waals surface area (Å²) in [5, 5.41) is 9.02. The van der Waals surface area contributed by atoms with Gasteiger partial charge in [0.05, 0.1) is 10.0 Å². The van der Waals surface area contributed by atoms with E-state index in [-0.39, 0.29) is 17.2 Å². The van der Waals surface area contributed by atoms with Crippen LogP contribution in [-0.4, -0.2) is 30.5 Å². The molecular weight excluding hydrogens is 396 g/mol. The van der Waals surface area contributed by atoms with Crippen LogP contribution >= 0.6 is 15.9 Å². The lowest BCUT2D eigenvalue weighted by atomic mass is 10.1. The number of sulfonamides is 1. The first-order chi connectivity index (χ1) is 11.2. The molecule has 2 aromatic rings. The van der Waals surface area contributed by atoms with Gasteiger partial charge in [0.1, 0.15) is 17.6 Å². The van der Waals surface area contributed by atoms with Crippen LogP contribution in [0.4, 0.5) is 0 Å². The zero-order chi connectivity index (χ0) is 17.8. The van der Waals surface area contributed by atoms with Crippen LogP contribution in [0.25, 0.3) is 0 Å². The highest BCUT2D eigenvalue weighted by Crippen LogP contribution is 2.22. The van der Waals surface area contributed by atoms with Gasteiger partial charge in [-0.3, -0.25) is 0 Å². The molecule has 126 valence electrons. The number of rotatable bonds is 6. The molecule has 2 aromatic heterocycles. The molecule has 0 aliphatic carbocycles. The van der Waals surface area contributed by atoms with Gasteiger partial charge in [0.25, 0.3) is 0 Å². The minimum Gasteiger partial charge on any atom is -0.475 e. The Morgan fingerprint density at radius 2 is 1.96 bits per heavy atom. The average molecular weight is 411 g/mol. The van der Waals surface area contributed by atoms with Crippen molar-refractivity contribution >= 4 is 26.0 Å². The Labute approximate surface area is 148 Å². The van der Waals surface area contributed by atoms with E-state index in [0.717, 1.165) is 0 Å². The van der Waals surface area contributed by atoms with Gasteiger partial charge >= 0.3 is 0 Å². The van der Waals surface area contributed by atoms with Crippen molar-refractivity contribution in [3.05, 3.63) is 46.8 Å². The zero-order valence-electron chi connectivity index (χ0n) is 13.0. The molecule has 0 aliphatic heterocycles. The van der Waals surface area contributed by atoms with Crippen LogP contribution in [0.2, 0.25) is 0 Å². The lowest BCUT2D eigenvalue weighted by Gasteiger charge is -2.26. The fraction of sp³-hybridized carbons (Fsp3) is 0.267. The molecular formula is C15H15BrN4O3S. The fourth-order valence-corrected chi connectivity index (χ4v) is 3.74. The van der Waals surface area contributed by atoms with Crippen molar-refractivity contribution in [3.8, 4) is 11.9 Å². The van der Waals surface area contributed by atoms with E-state index < -0.39 is 15.6 Å². The molecule has 7 nitrogen and oxygen atoms in total. The topological polar surface area (TPSA) is 105 Å². The van der Waals surface area contributed by atoms with Crippen molar-refractivity contribution < 1.29 is 13.2 Å². The highest BCUT2D eigenvalue weighted by Gasteiger charge is 2.29. The third-order valence-electron chi connectivity index (χ3n) is 2.87. The van der Waals surface area contributed by atoms with Gasteiger partial charge in [0.15, 0.2) is 5.69 Å². The lowest BCUT2D eigenvalue weighted by Crippen LogP contribution is -2.48. The van der Waals surface area contributed by atoms with Gasteiger partial charge in [0, 0.05) is 12.4 Å². The highest BCUT2D eigenvalue weighted by molar-refractivity contribution is 9.10. The molecule has 1 N–H and O–H groups in total. The van der Waals surface area contributed by atoms with Crippen molar-refractivity contribution in [2.45, 2.75) is 24.3 Å². The zero-order valence-corrected chi connectivity index (χ0v) is 15.4. The van der Waals surface area contributed by atoms with Crippen molar-refractivity contribution in [2.24, 2.45) is 0 Å². The number of ether oxygens (including phenoxy) is 1. The monoisotopic (exact) mass is 410 g/mol. The van der Waals surface area contributed by atoms with E-state index >= 15 is 0 Å². The molecule has 0 spiro atoms. The molecule has 0 unspecified atom stereocenters. The summed E-state index contributed by atoms with van der Waals surface area (Å²) in [6.45, 7) is 3.39. The summed E-state index contributed by atoms with van der Waals surface area (Å²) in [6.07, 6.45) is 2.94. The maximum atomic E-state index is 12.5. The lowest BCUT2D eigenvalue weighted by molar-refractivity contribution is 0.221. The average Bonchev–Trinajstić information content (AvgIpc) is 2.53. The molecule has 0 aromatic carbocycles. The summed E-state index contributed by atoms with van der Waals surface area (Å²) in [4.78, 5) is 7.67. The van der Waals surface area contributed by atoms with Crippen molar-refractivity contribution in [2.75, 3.05) is 6.61 Å². The Hall–Kier alpha value is -2.02. The van der Waals surface area contributed by atoms with Crippen LogP contribution in [-0.2, 0) is 10.0 Å². The first-order valence-corrected chi connectivity index (χ1v) is 9.15. The summed E-state index contributed by atoms with van der Waals surface area (Å²) in [5.41, 5.74) is -1.09. The number of pyridine rings is 2. The van der Waals surface area contributed by atoms with Gasteiger partial charge in [-0.2, -0.15) is 5.26 Å². The summed E-state index contributed by atoms with van der Waals surface area (Å²) < 4.78 is 33.8. The van der Waals surface area contributed by atoms with Gasteiger partial charge in [-0.15, -0.1) is 0 Å². The number of hydrogen-bond donors (Lipinski definition) is 1. The number of hydrogen-bond acceptors (Lipinski definition) is 6. The van der Waals surface area contributed by atoms with Crippen molar-refractivity contribution in [1.82, 2.24) is 14.7 Å². The molecule has 0 aliphatic rings. The van der Waals surface area contributed by atoms with Crippen LogP contribution in [0.3, 0.4) is 0 Å². The van der Waals surface area contributed by atoms with Crippen molar-refractivity contribution in [3.63, 3.8) is 0 Å². The quantitative estimate of drug-likeness (QED) is 0.782. The van der Waals surface area contributed by atoms with E-state index in [0.29, 0.717) is 10.4 Å². The Balaban J connectivity index is 2.16. The van der Waals surface area contributed by atoms with Gasteiger partial charge in [0.2, 0.25) is 15.9 Å². The van der Waals surface area contributed by atoms with Crippen LogP contribution in [0.1, 0.15) is 19.5 Å². The number of nitriles is 1. The largest absolute Gasteiger partial charge is 0.475 e. The molecule has 24 heavy (non-hydrogen) atoms. The minimum absolute atomic E-state index is 0.0456. The molecule has 0 bridgehead atoms. The van der Waals surface area contributed by atoms with Gasteiger partial charge < -0.3 is 4.74 Å². The maximum absolute atomic E-state index is 12.5. The molecule has 2 heterocycles. The Morgan fingerprint density at radius 1 is 1.29 bits per heavy atom. The van der Waals surface area contributed by atoms with Crippen LogP contribution < -0.4 is 9.46 Å². The van der Waals surface area contributed by atoms with E-state index in [1.807, 2.05) is 0 Å². The fourth-order valence-electron chi connectivity index (χ4n) is 1.87. The van der Waals surface area contributed by atoms with Crippen LogP contribution in [0.15, 0.2) is 46.0 Å². The Kier molecular flexibility index (Phi) is 5.54. The highest BCUT2D eigenvalue weighted by atomic mass is 79.9. The predicted molar refractivity (Wildman–Crippen MR) is 90.8 cm³/mol. The second kappa shape index (κ2) is 7.25. The van der Waals surface area contributed by atoms with E-state index in [2.05, 4.69) is 30.6 Å². The normalized spacial score (nSPS) is 11.8. The predicted octanol–water partition coefficient (Wildman–Crippen LogP) is 2.25. The first kappa shape index (κ1) is 18.3. The minimum atomic E-state index is -3.92. The molecule has 0 saturated heterocycles. The number of aromatic nitrogens is 2. The summed E-state index contributed by atoms with van der Waals surface area (Å²) in [6, 6.07) is 8.09.